The number of aromatic nitrogens is 5. The molecule has 1 amide bonds. The van der Waals surface area contributed by atoms with Gasteiger partial charge in [0.2, 0.25) is 0 Å². The first kappa shape index (κ1) is 25.6. The van der Waals surface area contributed by atoms with Crippen molar-refractivity contribution in [3.63, 3.8) is 0 Å². The standard InChI is InChI=1S/C30H26FN7O/c1-18-11-22(29-36-19(2)12-27(38-29)37-24-7-5-4-6-8-24)16-34-28(18)30(39)35-15-21-9-10-26(33-14-21)25-13-23(31)17-32-20(25)3/h4-14,16-17H,15H2,1-3H3,(H,35,39)(H,36,37,38). The maximum Gasteiger partial charge on any atom is 0.270 e. The molecule has 1 aromatic carbocycles. The highest BCUT2D eigenvalue weighted by atomic mass is 19.1. The second-order valence-corrected chi connectivity index (χ2v) is 9.12. The van der Waals surface area contributed by atoms with Crippen molar-refractivity contribution in [2.75, 3.05) is 5.32 Å². The summed E-state index contributed by atoms with van der Waals surface area (Å²) in [6.45, 7) is 5.80. The van der Waals surface area contributed by atoms with Crippen LogP contribution in [0.1, 0.15) is 33.0 Å². The van der Waals surface area contributed by atoms with Crippen molar-refractivity contribution in [2.24, 2.45) is 0 Å². The van der Waals surface area contributed by atoms with E-state index in [9.17, 15) is 9.18 Å². The highest BCUT2D eigenvalue weighted by Crippen LogP contribution is 2.23. The van der Waals surface area contributed by atoms with Crippen LogP contribution in [-0.4, -0.2) is 30.8 Å². The van der Waals surface area contributed by atoms with Crippen molar-refractivity contribution in [1.82, 2.24) is 30.2 Å². The van der Waals surface area contributed by atoms with Gasteiger partial charge in [-0.15, -0.1) is 0 Å². The quantitative estimate of drug-likeness (QED) is 0.283. The van der Waals surface area contributed by atoms with E-state index >= 15 is 0 Å². The van der Waals surface area contributed by atoms with Gasteiger partial charge in [0, 0.05) is 53.2 Å². The predicted molar refractivity (Wildman–Crippen MR) is 148 cm³/mol. The second kappa shape index (κ2) is 11.1. The summed E-state index contributed by atoms with van der Waals surface area (Å²) in [6, 6.07) is 18.5. The number of nitrogens with zero attached hydrogens (tertiary/aromatic N) is 5. The van der Waals surface area contributed by atoms with Crippen molar-refractivity contribution in [3.05, 3.63) is 113 Å². The Bertz CT molecular complexity index is 1640. The van der Waals surface area contributed by atoms with Crippen LogP contribution in [0.5, 0.6) is 0 Å². The number of anilines is 2. The first-order valence-corrected chi connectivity index (χ1v) is 12.4. The van der Waals surface area contributed by atoms with Gasteiger partial charge >= 0.3 is 0 Å². The Balaban J connectivity index is 1.27. The number of amides is 1. The van der Waals surface area contributed by atoms with Gasteiger partial charge in [0.1, 0.15) is 17.3 Å². The number of benzene rings is 1. The number of carbonyl (C=O) groups excluding carboxylic acids is 1. The largest absolute Gasteiger partial charge is 0.347 e. The van der Waals surface area contributed by atoms with E-state index in [-0.39, 0.29) is 12.5 Å². The molecule has 0 aliphatic heterocycles. The van der Waals surface area contributed by atoms with Crippen molar-refractivity contribution in [1.29, 1.82) is 0 Å². The lowest BCUT2D eigenvalue weighted by Crippen LogP contribution is -2.24. The molecule has 5 aromatic rings. The fourth-order valence-electron chi connectivity index (χ4n) is 4.09. The molecular weight excluding hydrogens is 493 g/mol. The Labute approximate surface area is 225 Å². The smallest absolute Gasteiger partial charge is 0.270 e. The lowest BCUT2D eigenvalue weighted by molar-refractivity contribution is 0.0945. The highest BCUT2D eigenvalue weighted by Gasteiger charge is 2.14. The number of rotatable bonds is 7. The molecule has 0 bridgehead atoms. The molecule has 2 N–H and O–H groups in total. The molecule has 0 fully saturated rings. The number of halogens is 1. The Morgan fingerprint density at radius 2 is 1.69 bits per heavy atom. The molecule has 0 aliphatic carbocycles. The van der Waals surface area contributed by atoms with E-state index in [4.69, 9.17) is 0 Å². The molecule has 4 heterocycles. The van der Waals surface area contributed by atoms with E-state index < -0.39 is 5.82 Å². The van der Waals surface area contributed by atoms with E-state index in [0.717, 1.165) is 16.9 Å². The third-order valence-electron chi connectivity index (χ3n) is 6.06. The van der Waals surface area contributed by atoms with Crippen molar-refractivity contribution in [3.8, 4) is 22.6 Å². The molecule has 0 unspecified atom stereocenters. The SMILES string of the molecule is Cc1cc(Nc2ccccc2)nc(-c2cnc(C(=O)NCc3ccc(-c4cc(F)cnc4C)nc3)c(C)c2)n1. The fraction of sp³-hybridized carbons (Fsp3) is 0.133. The third kappa shape index (κ3) is 6.10. The van der Waals surface area contributed by atoms with Gasteiger partial charge in [-0.2, -0.15) is 0 Å². The van der Waals surface area contributed by atoms with Crippen molar-refractivity contribution < 1.29 is 9.18 Å². The molecule has 8 nitrogen and oxygen atoms in total. The molecule has 5 rings (SSSR count). The molecule has 0 radical (unpaired) electrons. The van der Waals surface area contributed by atoms with Crippen LogP contribution in [0, 0.1) is 26.6 Å². The summed E-state index contributed by atoms with van der Waals surface area (Å²) in [6.07, 6.45) is 4.44. The fourth-order valence-corrected chi connectivity index (χ4v) is 4.09. The third-order valence-corrected chi connectivity index (χ3v) is 6.06. The summed E-state index contributed by atoms with van der Waals surface area (Å²) in [7, 11) is 0. The van der Waals surface area contributed by atoms with Crippen LogP contribution in [0.25, 0.3) is 22.6 Å². The van der Waals surface area contributed by atoms with Crippen molar-refractivity contribution >= 4 is 17.4 Å². The van der Waals surface area contributed by atoms with E-state index in [1.165, 1.54) is 12.3 Å². The van der Waals surface area contributed by atoms with Gasteiger partial charge in [-0.05, 0) is 62.2 Å². The Morgan fingerprint density at radius 1 is 0.872 bits per heavy atom. The van der Waals surface area contributed by atoms with Crippen LogP contribution in [0.4, 0.5) is 15.9 Å². The normalized spacial score (nSPS) is 10.8. The van der Waals surface area contributed by atoms with Crippen molar-refractivity contribution in [2.45, 2.75) is 27.3 Å². The van der Waals surface area contributed by atoms with Crippen LogP contribution < -0.4 is 10.6 Å². The number of hydrogen-bond acceptors (Lipinski definition) is 7. The topological polar surface area (TPSA) is 106 Å². The van der Waals surface area contributed by atoms with Crippen LogP contribution in [0.15, 0.2) is 79.3 Å². The summed E-state index contributed by atoms with van der Waals surface area (Å²) in [5.41, 5.74) is 6.20. The second-order valence-electron chi connectivity index (χ2n) is 9.12. The molecule has 0 aliphatic rings. The summed E-state index contributed by atoms with van der Waals surface area (Å²) in [5, 5.41) is 6.17. The van der Waals surface area contributed by atoms with Gasteiger partial charge in [0.25, 0.3) is 5.91 Å². The van der Waals surface area contributed by atoms with E-state index in [0.29, 0.717) is 45.4 Å². The number of pyridine rings is 3. The summed E-state index contributed by atoms with van der Waals surface area (Å²) < 4.78 is 13.6. The minimum absolute atomic E-state index is 0.269. The lowest BCUT2D eigenvalue weighted by Gasteiger charge is -2.11. The van der Waals surface area contributed by atoms with E-state index in [2.05, 4.69) is 35.6 Å². The Kier molecular flexibility index (Phi) is 7.31. The predicted octanol–water partition coefficient (Wildman–Crippen LogP) is 5.73. The van der Waals surface area contributed by atoms with Gasteiger partial charge in [0.15, 0.2) is 5.82 Å². The molecule has 9 heteroatoms. The minimum Gasteiger partial charge on any atom is -0.347 e. The Morgan fingerprint density at radius 3 is 2.44 bits per heavy atom. The first-order valence-electron chi connectivity index (χ1n) is 12.4. The molecule has 0 saturated heterocycles. The van der Waals surface area contributed by atoms with Crippen LogP contribution >= 0.6 is 0 Å². The lowest BCUT2D eigenvalue weighted by atomic mass is 10.1. The maximum atomic E-state index is 13.6. The van der Waals surface area contributed by atoms with Gasteiger partial charge in [0.05, 0.1) is 11.9 Å². The molecular formula is C30H26FN7O. The van der Waals surface area contributed by atoms with Gasteiger partial charge < -0.3 is 10.6 Å². The molecule has 4 aromatic heterocycles. The van der Waals surface area contributed by atoms with Crippen LogP contribution in [-0.2, 0) is 6.54 Å². The summed E-state index contributed by atoms with van der Waals surface area (Å²) in [5.74, 6) is 0.475. The van der Waals surface area contributed by atoms with Gasteiger partial charge in [-0.1, -0.05) is 24.3 Å². The molecule has 39 heavy (non-hydrogen) atoms. The van der Waals surface area contributed by atoms with Crippen LogP contribution in [0.3, 0.4) is 0 Å². The molecule has 0 spiro atoms. The molecule has 0 saturated carbocycles. The summed E-state index contributed by atoms with van der Waals surface area (Å²) >= 11 is 0. The molecule has 194 valence electrons. The zero-order valence-corrected chi connectivity index (χ0v) is 21.7. The number of para-hydroxylation sites is 1. The van der Waals surface area contributed by atoms with E-state index in [1.54, 1.807) is 25.4 Å². The first-order chi connectivity index (χ1) is 18.9. The number of hydrogen-bond donors (Lipinski definition) is 2. The zero-order chi connectivity index (χ0) is 27.4. The zero-order valence-electron chi connectivity index (χ0n) is 21.7. The maximum absolute atomic E-state index is 13.6. The van der Waals surface area contributed by atoms with E-state index in [1.807, 2.05) is 62.4 Å². The monoisotopic (exact) mass is 519 g/mol. The number of aryl methyl sites for hydroxylation is 3. The minimum atomic E-state index is -0.416. The molecule has 0 atom stereocenters. The number of carbonyl (C=O) groups is 1. The average molecular weight is 520 g/mol. The van der Waals surface area contributed by atoms with Crippen LogP contribution in [0.2, 0.25) is 0 Å². The van der Waals surface area contributed by atoms with Gasteiger partial charge in [-0.3, -0.25) is 19.7 Å². The Hall–Kier alpha value is -5.05. The summed E-state index contributed by atoms with van der Waals surface area (Å²) in [4.78, 5) is 34.9. The highest BCUT2D eigenvalue weighted by molar-refractivity contribution is 5.94. The average Bonchev–Trinajstić information content (AvgIpc) is 2.93. The van der Waals surface area contributed by atoms with Gasteiger partial charge in [-0.25, -0.2) is 14.4 Å². The number of nitrogens with one attached hydrogen (secondary N) is 2.